The Balaban J connectivity index is 2.94. The number of halogens is 3. The fraction of sp³-hybridized carbons (Fsp3) is 0.769. The van der Waals surface area contributed by atoms with E-state index < -0.39 is 11.2 Å². The van der Waals surface area contributed by atoms with Crippen LogP contribution in [0.4, 0.5) is 13.2 Å². The van der Waals surface area contributed by atoms with Crippen molar-refractivity contribution >= 4 is 11.3 Å². The van der Waals surface area contributed by atoms with Gasteiger partial charge in [-0.05, 0) is 26.3 Å². The number of hydrogen-bond donors (Lipinski definition) is 1. The van der Waals surface area contributed by atoms with Crippen LogP contribution < -0.4 is 5.32 Å². The quantitative estimate of drug-likeness (QED) is 0.787. The first kappa shape index (κ1) is 17.4. The molecule has 7 heteroatoms. The third-order valence-electron chi connectivity index (χ3n) is 2.84. The van der Waals surface area contributed by atoms with Crippen molar-refractivity contribution in [1.29, 1.82) is 0 Å². The zero-order valence-electron chi connectivity index (χ0n) is 12.0. The number of nitrogens with one attached hydrogen (secondary N) is 1. The Bertz CT molecular complexity index is 395. The van der Waals surface area contributed by atoms with Crippen molar-refractivity contribution in [2.75, 3.05) is 13.2 Å². The number of nitrogens with zero attached hydrogens (tertiary/aromatic N) is 1. The van der Waals surface area contributed by atoms with Crippen LogP contribution in [0.15, 0.2) is 6.20 Å². The van der Waals surface area contributed by atoms with Gasteiger partial charge in [-0.3, -0.25) is 0 Å². The molecule has 0 aliphatic carbocycles. The van der Waals surface area contributed by atoms with Gasteiger partial charge in [0.15, 0.2) is 5.01 Å². The van der Waals surface area contributed by atoms with E-state index in [4.69, 9.17) is 4.74 Å². The molecule has 0 aliphatic heterocycles. The van der Waals surface area contributed by atoms with Gasteiger partial charge in [0.25, 0.3) is 0 Å². The highest BCUT2D eigenvalue weighted by molar-refractivity contribution is 7.11. The standard InChI is InChI=1S/C13H21F3N2OS/c1-4-7-17-11(9(5-2)19-6-3)10-8-18-12(20-10)13(14,15)16/h8-9,11,17H,4-7H2,1-3H3. The van der Waals surface area contributed by atoms with Crippen LogP contribution in [-0.4, -0.2) is 24.2 Å². The van der Waals surface area contributed by atoms with Gasteiger partial charge in [-0.1, -0.05) is 13.8 Å². The van der Waals surface area contributed by atoms with E-state index >= 15 is 0 Å². The van der Waals surface area contributed by atoms with Gasteiger partial charge in [0.1, 0.15) is 0 Å². The lowest BCUT2D eigenvalue weighted by Gasteiger charge is -2.26. The average Bonchev–Trinajstić information content (AvgIpc) is 2.87. The second kappa shape index (κ2) is 7.95. The molecule has 116 valence electrons. The van der Waals surface area contributed by atoms with E-state index in [9.17, 15) is 13.2 Å². The monoisotopic (exact) mass is 310 g/mol. The minimum absolute atomic E-state index is 0.145. The summed E-state index contributed by atoms with van der Waals surface area (Å²) in [5.41, 5.74) is 0. The van der Waals surface area contributed by atoms with Crippen LogP contribution in [0.1, 0.15) is 49.5 Å². The molecule has 1 N–H and O–H groups in total. The molecule has 1 aromatic rings. The fourth-order valence-corrected chi connectivity index (χ4v) is 2.85. The highest BCUT2D eigenvalue weighted by Crippen LogP contribution is 2.35. The molecule has 0 spiro atoms. The average molecular weight is 310 g/mol. The lowest BCUT2D eigenvalue weighted by Crippen LogP contribution is -2.33. The number of rotatable bonds is 8. The topological polar surface area (TPSA) is 34.2 Å². The summed E-state index contributed by atoms with van der Waals surface area (Å²) in [5, 5.41) is 2.46. The number of aromatic nitrogens is 1. The summed E-state index contributed by atoms with van der Waals surface area (Å²) < 4.78 is 43.6. The van der Waals surface area contributed by atoms with E-state index in [0.29, 0.717) is 22.8 Å². The van der Waals surface area contributed by atoms with Crippen LogP contribution in [-0.2, 0) is 10.9 Å². The number of alkyl halides is 3. The molecule has 3 nitrogen and oxygen atoms in total. The smallest absolute Gasteiger partial charge is 0.377 e. The first-order valence-electron chi connectivity index (χ1n) is 6.81. The normalized spacial score (nSPS) is 15.3. The van der Waals surface area contributed by atoms with Gasteiger partial charge in [0.2, 0.25) is 0 Å². The first-order valence-corrected chi connectivity index (χ1v) is 7.63. The van der Waals surface area contributed by atoms with Crippen molar-refractivity contribution in [2.45, 2.75) is 51.9 Å². The van der Waals surface area contributed by atoms with Gasteiger partial charge in [0, 0.05) is 17.7 Å². The zero-order chi connectivity index (χ0) is 15.2. The van der Waals surface area contributed by atoms with Gasteiger partial charge in [0.05, 0.1) is 12.1 Å². The Morgan fingerprint density at radius 1 is 1.35 bits per heavy atom. The molecule has 20 heavy (non-hydrogen) atoms. The van der Waals surface area contributed by atoms with Crippen LogP contribution in [0.3, 0.4) is 0 Å². The molecule has 1 heterocycles. The number of hydrogen-bond acceptors (Lipinski definition) is 4. The highest BCUT2D eigenvalue weighted by Gasteiger charge is 2.36. The molecular weight excluding hydrogens is 289 g/mol. The first-order chi connectivity index (χ1) is 9.43. The molecule has 0 fully saturated rings. The highest BCUT2D eigenvalue weighted by atomic mass is 32.1. The summed E-state index contributed by atoms with van der Waals surface area (Å²) in [6.07, 6.45) is -1.58. The molecule has 0 aliphatic rings. The lowest BCUT2D eigenvalue weighted by molar-refractivity contribution is -0.137. The van der Waals surface area contributed by atoms with Crippen LogP contribution in [0.2, 0.25) is 0 Å². The third-order valence-corrected chi connectivity index (χ3v) is 3.97. The van der Waals surface area contributed by atoms with Crippen molar-refractivity contribution in [2.24, 2.45) is 0 Å². The van der Waals surface area contributed by atoms with Gasteiger partial charge in [-0.2, -0.15) is 13.2 Å². The van der Waals surface area contributed by atoms with E-state index in [1.807, 2.05) is 20.8 Å². The molecule has 0 amide bonds. The van der Waals surface area contributed by atoms with Crippen LogP contribution >= 0.6 is 11.3 Å². The maximum absolute atomic E-state index is 12.6. The second-order valence-electron chi connectivity index (χ2n) is 4.40. The van der Waals surface area contributed by atoms with Crippen molar-refractivity contribution in [3.63, 3.8) is 0 Å². The van der Waals surface area contributed by atoms with Crippen LogP contribution in [0.25, 0.3) is 0 Å². The van der Waals surface area contributed by atoms with Crippen molar-refractivity contribution in [3.05, 3.63) is 16.1 Å². The van der Waals surface area contributed by atoms with E-state index in [-0.39, 0.29) is 12.1 Å². The molecule has 0 saturated carbocycles. The molecular formula is C13H21F3N2OS. The molecule has 0 bridgehead atoms. The summed E-state index contributed by atoms with van der Waals surface area (Å²) in [5.74, 6) is 0. The lowest BCUT2D eigenvalue weighted by atomic mass is 10.1. The van der Waals surface area contributed by atoms with Crippen LogP contribution in [0.5, 0.6) is 0 Å². The van der Waals surface area contributed by atoms with Crippen LogP contribution in [0, 0.1) is 0 Å². The van der Waals surface area contributed by atoms with Crippen molar-refractivity contribution in [3.8, 4) is 0 Å². The number of ether oxygens (including phenoxy) is 1. The predicted molar refractivity (Wildman–Crippen MR) is 73.9 cm³/mol. The molecule has 1 rings (SSSR count). The summed E-state index contributed by atoms with van der Waals surface area (Å²) in [6, 6.07) is -0.242. The Kier molecular flexibility index (Phi) is 6.91. The fourth-order valence-electron chi connectivity index (χ4n) is 1.94. The minimum Gasteiger partial charge on any atom is -0.377 e. The molecule has 2 unspecified atom stereocenters. The molecule has 0 saturated heterocycles. The Morgan fingerprint density at radius 3 is 2.50 bits per heavy atom. The Labute approximate surface area is 121 Å². The van der Waals surface area contributed by atoms with Gasteiger partial charge >= 0.3 is 6.18 Å². The predicted octanol–water partition coefficient (Wildman–Crippen LogP) is 4.02. The van der Waals surface area contributed by atoms with Gasteiger partial charge in [-0.15, -0.1) is 11.3 Å². The Hall–Kier alpha value is -0.660. The largest absolute Gasteiger partial charge is 0.443 e. The van der Waals surface area contributed by atoms with E-state index in [0.717, 1.165) is 19.4 Å². The second-order valence-corrected chi connectivity index (χ2v) is 5.46. The van der Waals surface area contributed by atoms with Gasteiger partial charge < -0.3 is 10.1 Å². The molecule has 0 radical (unpaired) electrons. The molecule has 1 aromatic heterocycles. The Morgan fingerprint density at radius 2 is 2.05 bits per heavy atom. The van der Waals surface area contributed by atoms with E-state index in [1.54, 1.807) is 0 Å². The van der Waals surface area contributed by atoms with E-state index in [2.05, 4.69) is 10.3 Å². The minimum atomic E-state index is -4.38. The maximum atomic E-state index is 12.6. The summed E-state index contributed by atoms with van der Waals surface area (Å²) in [4.78, 5) is 4.07. The third kappa shape index (κ3) is 4.71. The summed E-state index contributed by atoms with van der Waals surface area (Å²) in [7, 11) is 0. The summed E-state index contributed by atoms with van der Waals surface area (Å²) >= 11 is 0.689. The van der Waals surface area contributed by atoms with Crippen molar-refractivity contribution < 1.29 is 17.9 Å². The van der Waals surface area contributed by atoms with Crippen molar-refractivity contribution in [1.82, 2.24) is 10.3 Å². The summed E-state index contributed by atoms with van der Waals surface area (Å²) in [6.45, 7) is 7.13. The zero-order valence-corrected chi connectivity index (χ0v) is 12.8. The van der Waals surface area contributed by atoms with Gasteiger partial charge in [-0.25, -0.2) is 4.98 Å². The molecule has 2 atom stereocenters. The maximum Gasteiger partial charge on any atom is 0.443 e. The number of thiazole rings is 1. The molecule has 0 aromatic carbocycles. The SMILES string of the molecule is CCCNC(c1cnc(C(F)(F)F)s1)C(CC)OCC. The van der Waals surface area contributed by atoms with E-state index in [1.165, 1.54) is 6.20 Å².